The molecule has 0 radical (unpaired) electrons. The zero-order valence-corrected chi connectivity index (χ0v) is 17.9. The second-order valence-electron chi connectivity index (χ2n) is 6.42. The van der Waals surface area contributed by atoms with Gasteiger partial charge in [-0.1, -0.05) is 40.2 Å². The van der Waals surface area contributed by atoms with Gasteiger partial charge in [0.25, 0.3) is 5.69 Å². The van der Waals surface area contributed by atoms with Crippen LogP contribution in [0.3, 0.4) is 0 Å². The molecule has 3 aromatic rings. The van der Waals surface area contributed by atoms with Gasteiger partial charge in [-0.05, 0) is 47.0 Å². The fourth-order valence-corrected chi connectivity index (χ4v) is 3.28. The Labute approximate surface area is 186 Å². The summed E-state index contributed by atoms with van der Waals surface area (Å²) in [5.74, 6) is 0.506. The first kappa shape index (κ1) is 22.0. The Morgan fingerprint density at radius 2 is 1.97 bits per heavy atom. The van der Waals surface area contributed by atoms with E-state index in [1.807, 2.05) is 0 Å². The molecule has 0 atom stereocenters. The molecule has 0 aliphatic carbocycles. The summed E-state index contributed by atoms with van der Waals surface area (Å²) in [6.45, 7) is 0.146. The van der Waals surface area contributed by atoms with E-state index < -0.39 is 4.92 Å². The highest BCUT2D eigenvalue weighted by Crippen LogP contribution is 2.36. The van der Waals surface area contributed by atoms with Crippen molar-refractivity contribution < 1.29 is 18.8 Å². The maximum Gasteiger partial charge on any atom is 0.270 e. The first-order valence-corrected chi connectivity index (χ1v) is 9.82. The molecule has 0 N–H and O–H groups in total. The summed E-state index contributed by atoms with van der Waals surface area (Å²) < 4.78 is 25.2. The number of nitro benzene ring substituents is 1. The first-order valence-electron chi connectivity index (χ1n) is 9.02. The Morgan fingerprint density at radius 1 is 1.19 bits per heavy atom. The smallest absolute Gasteiger partial charge is 0.270 e. The van der Waals surface area contributed by atoms with Crippen molar-refractivity contribution in [2.75, 3.05) is 7.11 Å². The number of rotatable bonds is 7. The Bertz CT molecular complexity index is 1200. The van der Waals surface area contributed by atoms with Crippen molar-refractivity contribution in [3.63, 3.8) is 0 Å². The number of allylic oxidation sites excluding steroid dienone is 1. The van der Waals surface area contributed by atoms with Gasteiger partial charge in [-0.15, -0.1) is 0 Å². The zero-order chi connectivity index (χ0) is 22.4. The van der Waals surface area contributed by atoms with E-state index in [1.54, 1.807) is 36.4 Å². The van der Waals surface area contributed by atoms with Crippen LogP contribution in [0.25, 0.3) is 11.6 Å². The minimum absolute atomic E-state index is 0.101. The molecule has 156 valence electrons. The van der Waals surface area contributed by atoms with Gasteiger partial charge in [-0.3, -0.25) is 10.1 Å². The number of methoxy groups -OCH3 is 1. The van der Waals surface area contributed by atoms with Gasteiger partial charge < -0.3 is 9.47 Å². The quantitative estimate of drug-likeness (QED) is 0.174. The third kappa shape index (κ3) is 5.47. The molecule has 6 nitrogen and oxygen atoms in total. The van der Waals surface area contributed by atoms with Crippen LogP contribution in [0.1, 0.15) is 16.7 Å². The van der Waals surface area contributed by atoms with Gasteiger partial charge in [0.15, 0.2) is 11.5 Å². The minimum atomic E-state index is -0.512. The molecule has 3 aromatic carbocycles. The Kier molecular flexibility index (Phi) is 7.00. The van der Waals surface area contributed by atoms with Crippen LogP contribution in [0.5, 0.6) is 11.5 Å². The second kappa shape index (κ2) is 9.87. The fourth-order valence-electron chi connectivity index (χ4n) is 2.84. The molecule has 8 heteroatoms. The topological polar surface area (TPSA) is 85.4 Å². The molecule has 0 aliphatic rings. The van der Waals surface area contributed by atoms with Gasteiger partial charge in [0, 0.05) is 16.6 Å². The fraction of sp³-hybridized carbons (Fsp3) is 0.0870. The molecule has 0 unspecified atom stereocenters. The van der Waals surface area contributed by atoms with Crippen LogP contribution in [0.15, 0.2) is 65.1 Å². The van der Waals surface area contributed by atoms with E-state index in [4.69, 9.17) is 9.47 Å². The van der Waals surface area contributed by atoms with Crippen LogP contribution in [0.2, 0.25) is 0 Å². The SMILES string of the molecule is COc1cc(C=C(C#N)c2cccc([N+](=O)[O-])c2)c(Br)cc1OCc1cccc(F)c1. The van der Waals surface area contributed by atoms with Gasteiger partial charge in [0.2, 0.25) is 0 Å². The summed E-state index contributed by atoms with van der Waals surface area (Å²) in [6.07, 6.45) is 1.60. The predicted octanol–water partition coefficient (Wildman–Crippen LogP) is 6.15. The lowest BCUT2D eigenvalue weighted by Crippen LogP contribution is -1.99. The van der Waals surface area contributed by atoms with Crippen LogP contribution >= 0.6 is 15.9 Å². The number of nitriles is 1. The molecule has 0 spiro atoms. The van der Waals surface area contributed by atoms with Crippen molar-refractivity contribution in [1.29, 1.82) is 5.26 Å². The number of nitrogens with zero attached hydrogens (tertiary/aromatic N) is 2. The van der Waals surface area contributed by atoms with Crippen molar-refractivity contribution in [2.45, 2.75) is 6.61 Å². The number of benzene rings is 3. The summed E-state index contributed by atoms with van der Waals surface area (Å²) in [7, 11) is 1.48. The molecule has 0 fully saturated rings. The van der Waals surface area contributed by atoms with E-state index in [1.165, 1.54) is 37.4 Å². The van der Waals surface area contributed by atoms with Crippen molar-refractivity contribution in [2.24, 2.45) is 0 Å². The average Bonchev–Trinajstić information content (AvgIpc) is 2.77. The lowest BCUT2D eigenvalue weighted by atomic mass is 10.0. The lowest BCUT2D eigenvalue weighted by Gasteiger charge is -2.13. The number of halogens is 2. The molecule has 0 aromatic heterocycles. The molecule has 0 saturated carbocycles. The van der Waals surface area contributed by atoms with Gasteiger partial charge in [0.1, 0.15) is 12.4 Å². The predicted molar refractivity (Wildman–Crippen MR) is 118 cm³/mol. The molecule has 3 rings (SSSR count). The minimum Gasteiger partial charge on any atom is -0.493 e. The largest absolute Gasteiger partial charge is 0.493 e. The molecule has 0 heterocycles. The van der Waals surface area contributed by atoms with Crippen LogP contribution in [-0.4, -0.2) is 12.0 Å². The number of non-ortho nitro benzene ring substituents is 1. The zero-order valence-electron chi connectivity index (χ0n) is 16.3. The van der Waals surface area contributed by atoms with Gasteiger partial charge >= 0.3 is 0 Å². The van der Waals surface area contributed by atoms with E-state index in [-0.39, 0.29) is 23.7 Å². The number of hydrogen-bond acceptors (Lipinski definition) is 5. The number of nitro groups is 1. The van der Waals surface area contributed by atoms with Crippen LogP contribution in [0, 0.1) is 27.3 Å². The Hall–Kier alpha value is -3.70. The summed E-state index contributed by atoms with van der Waals surface area (Å²) >= 11 is 3.46. The molecule has 0 saturated heterocycles. The number of ether oxygens (including phenoxy) is 2. The summed E-state index contributed by atoms with van der Waals surface area (Å²) in [6, 6.07) is 17.4. The Balaban J connectivity index is 1.92. The van der Waals surface area contributed by atoms with E-state index in [9.17, 15) is 19.8 Å². The third-order valence-corrected chi connectivity index (χ3v) is 5.04. The molecule has 0 amide bonds. The van der Waals surface area contributed by atoms with E-state index in [2.05, 4.69) is 22.0 Å². The Morgan fingerprint density at radius 3 is 2.65 bits per heavy atom. The van der Waals surface area contributed by atoms with Gasteiger partial charge in [0.05, 0.1) is 23.7 Å². The van der Waals surface area contributed by atoms with E-state index in [0.29, 0.717) is 32.7 Å². The van der Waals surface area contributed by atoms with Gasteiger partial charge in [-0.25, -0.2) is 4.39 Å². The summed E-state index contributed by atoms with van der Waals surface area (Å²) in [5.41, 5.74) is 1.86. The van der Waals surface area contributed by atoms with Crippen LogP contribution < -0.4 is 9.47 Å². The highest BCUT2D eigenvalue weighted by Gasteiger charge is 2.13. The molecular formula is C23H16BrFN2O4. The maximum absolute atomic E-state index is 13.4. The normalized spacial score (nSPS) is 11.0. The highest BCUT2D eigenvalue weighted by molar-refractivity contribution is 9.10. The second-order valence-corrected chi connectivity index (χ2v) is 7.27. The summed E-state index contributed by atoms with van der Waals surface area (Å²) in [5, 5.41) is 20.6. The van der Waals surface area contributed by atoms with Crippen molar-refractivity contribution in [1.82, 2.24) is 0 Å². The van der Waals surface area contributed by atoms with Crippen molar-refractivity contribution >= 4 is 33.3 Å². The van der Waals surface area contributed by atoms with Gasteiger partial charge in [-0.2, -0.15) is 5.26 Å². The summed E-state index contributed by atoms with van der Waals surface area (Å²) in [4.78, 5) is 10.5. The molecule has 31 heavy (non-hydrogen) atoms. The molecule has 0 aliphatic heterocycles. The first-order chi connectivity index (χ1) is 14.9. The lowest BCUT2D eigenvalue weighted by molar-refractivity contribution is -0.384. The molecule has 0 bridgehead atoms. The van der Waals surface area contributed by atoms with Crippen LogP contribution in [-0.2, 0) is 6.61 Å². The van der Waals surface area contributed by atoms with Crippen molar-refractivity contribution in [3.05, 3.63) is 97.8 Å². The van der Waals surface area contributed by atoms with Crippen LogP contribution in [0.4, 0.5) is 10.1 Å². The highest BCUT2D eigenvalue weighted by atomic mass is 79.9. The third-order valence-electron chi connectivity index (χ3n) is 4.35. The monoisotopic (exact) mass is 482 g/mol. The molecular weight excluding hydrogens is 467 g/mol. The maximum atomic E-state index is 13.4. The standard InChI is InChI=1S/C23H16BrFN2O4/c1-30-22-11-17(9-18(13-26)16-5-3-7-20(10-16)27(28)29)21(24)12-23(22)31-14-15-4-2-6-19(25)8-15/h2-12H,14H2,1H3. The van der Waals surface area contributed by atoms with E-state index in [0.717, 1.165) is 0 Å². The average molecular weight is 483 g/mol. The number of hydrogen-bond donors (Lipinski definition) is 0. The van der Waals surface area contributed by atoms with Crippen molar-refractivity contribution in [3.8, 4) is 17.6 Å². The van der Waals surface area contributed by atoms with E-state index >= 15 is 0 Å².